The molecule has 0 heterocycles. The molecule has 4 aromatic carbocycles. The van der Waals surface area contributed by atoms with Crippen LogP contribution in [0.5, 0.6) is 0 Å². The van der Waals surface area contributed by atoms with Gasteiger partial charge in [-0.1, -0.05) is 110 Å². The van der Waals surface area contributed by atoms with Crippen LogP contribution < -0.4 is 0 Å². The van der Waals surface area contributed by atoms with Gasteiger partial charge in [-0.2, -0.15) is 0 Å². The molecule has 126 valence electrons. The lowest BCUT2D eigenvalue weighted by atomic mass is 9.88. The Bertz CT molecular complexity index is 1010. The molecule has 0 nitrogen and oxygen atoms in total. The van der Waals surface area contributed by atoms with E-state index in [9.17, 15) is 0 Å². The summed E-state index contributed by atoms with van der Waals surface area (Å²) in [6.45, 7) is 2.22. The summed E-state index contributed by atoms with van der Waals surface area (Å²) < 4.78 is 0. The van der Waals surface area contributed by atoms with Gasteiger partial charge in [-0.25, -0.2) is 0 Å². The predicted octanol–water partition coefficient (Wildman–Crippen LogP) is 7.25. The Morgan fingerprint density at radius 1 is 0.423 bits per heavy atom. The van der Waals surface area contributed by atoms with E-state index in [0.29, 0.717) is 0 Å². The van der Waals surface area contributed by atoms with Crippen molar-refractivity contribution in [2.45, 2.75) is 13.3 Å². The minimum absolute atomic E-state index is 1.03. The van der Waals surface area contributed by atoms with Gasteiger partial charge in [0.15, 0.2) is 0 Å². The Balaban J connectivity index is 1.95. The van der Waals surface area contributed by atoms with Crippen molar-refractivity contribution in [1.29, 1.82) is 0 Å². The number of hydrogen-bond donors (Lipinski definition) is 0. The van der Waals surface area contributed by atoms with Crippen molar-refractivity contribution in [1.82, 2.24) is 0 Å². The molecule has 0 aromatic heterocycles. The molecule has 0 aliphatic carbocycles. The highest BCUT2D eigenvalue weighted by Gasteiger charge is 2.13. The lowest BCUT2D eigenvalue weighted by Gasteiger charge is -2.16. The largest absolute Gasteiger partial charge is 0.0622 e. The normalized spacial score (nSPS) is 10.7. The van der Waals surface area contributed by atoms with Crippen molar-refractivity contribution >= 4 is 0 Å². The average molecular weight is 334 g/mol. The Morgan fingerprint density at radius 3 is 1.46 bits per heavy atom. The van der Waals surface area contributed by atoms with Crippen LogP contribution in [-0.4, -0.2) is 0 Å². The minimum atomic E-state index is 1.03. The van der Waals surface area contributed by atoms with Gasteiger partial charge in [-0.15, -0.1) is 0 Å². The molecule has 0 aliphatic rings. The smallest absolute Gasteiger partial charge is 0.00991 e. The van der Waals surface area contributed by atoms with Crippen LogP contribution in [0.15, 0.2) is 103 Å². The van der Waals surface area contributed by atoms with Gasteiger partial charge in [0.1, 0.15) is 0 Å². The van der Waals surface area contributed by atoms with E-state index in [2.05, 4.69) is 110 Å². The van der Waals surface area contributed by atoms with Crippen LogP contribution in [0.4, 0.5) is 0 Å². The van der Waals surface area contributed by atoms with Gasteiger partial charge in [0.25, 0.3) is 0 Å². The Labute approximate surface area is 155 Å². The second-order valence-corrected chi connectivity index (χ2v) is 6.47. The summed E-state index contributed by atoms with van der Waals surface area (Å²) >= 11 is 0. The lowest BCUT2D eigenvalue weighted by Crippen LogP contribution is -1.92. The van der Waals surface area contributed by atoms with Gasteiger partial charge in [0, 0.05) is 0 Å². The maximum Gasteiger partial charge on any atom is -0.00991 e. The fourth-order valence-electron chi connectivity index (χ4n) is 3.63. The first-order chi connectivity index (χ1) is 12.9. The molecule has 4 aromatic rings. The SMILES string of the molecule is CCc1ccccc1-c1ccccc1-c1ccccc1-c1ccccc1. The topological polar surface area (TPSA) is 0 Å². The molecule has 4 rings (SSSR count). The summed E-state index contributed by atoms with van der Waals surface area (Å²) in [5.74, 6) is 0. The van der Waals surface area contributed by atoms with Crippen LogP contribution in [0.2, 0.25) is 0 Å². The molecule has 0 N–H and O–H groups in total. The highest BCUT2D eigenvalue weighted by atomic mass is 14.2. The highest BCUT2D eigenvalue weighted by Crippen LogP contribution is 2.38. The molecule has 26 heavy (non-hydrogen) atoms. The van der Waals surface area contributed by atoms with Crippen molar-refractivity contribution in [2.24, 2.45) is 0 Å². The zero-order valence-electron chi connectivity index (χ0n) is 15.0. The molecule has 0 unspecified atom stereocenters. The molecule has 0 amide bonds. The molecule has 0 saturated heterocycles. The molecule has 0 fully saturated rings. The van der Waals surface area contributed by atoms with Crippen LogP contribution in [0.1, 0.15) is 12.5 Å². The van der Waals surface area contributed by atoms with Crippen LogP contribution in [-0.2, 0) is 6.42 Å². The predicted molar refractivity (Wildman–Crippen MR) is 112 cm³/mol. The van der Waals surface area contributed by atoms with E-state index in [-0.39, 0.29) is 0 Å². The number of aryl methyl sites for hydroxylation is 1. The zero-order chi connectivity index (χ0) is 17.8. The summed E-state index contributed by atoms with van der Waals surface area (Å²) in [5, 5.41) is 0. The standard InChI is InChI=1S/C26H22/c1-2-20-12-6-7-15-22(20)24-17-10-11-19-26(24)25-18-9-8-16-23(25)21-13-4-3-5-14-21/h3-19H,2H2,1H3. The van der Waals surface area contributed by atoms with Gasteiger partial charge in [-0.3, -0.25) is 0 Å². The monoisotopic (exact) mass is 334 g/mol. The molecule has 0 saturated carbocycles. The van der Waals surface area contributed by atoms with Crippen LogP contribution in [0, 0.1) is 0 Å². The first-order valence-electron chi connectivity index (χ1n) is 9.20. The van der Waals surface area contributed by atoms with Crippen molar-refractivity contribution < 1.29 is 0 Å². The quantitative estimate of drug-likeness (QED) is 0.369. The molecule has 0 atom stereocenters. The second kappa shape index (κ2) is 7.41. The molecule has 0 radical (unpaired) electrons. The van der Waals surface area contributed by atoms with E-state index in [1.807, 2.05) is 0 Å². The first kappa shape index (κ1) is 16.4. The van der Waals surface area contributed by atoms with Crippen LogP contribution in [0.25, 0.3) is 33.4 Å². The Morgan fingerprint density at radius 2 is 0.846 bits per heavy atom. The number of benzene rings is 4. The summed E-state index contributed by atoms with van der Waals surface area (Å²) in [5.41, 5.74) is 9.10. The fourth-order valence-corrected chi connectivity index (χ4v) is 3.63. The van der Waals surface area contributed by atoms with Crippen molar-refractivity contribution in [3.63, 3.8) is 0 Å². The van der Waals surface area contributed by atoms with Gasteiger partial charge in [-0.05, 0) is 45.4 Å². The molecule has 0 aliphatic heterocycles. The van der Waals surface area contributed by atoms with E-state index < -0.39 is 0 Å². The Hall–Kier alpha value is -3.12. The number of hydrogen-bond acceptors (Lipinski definition) is 0. The summed E-state index contributed by atoms with van der Waals surface area (Å²) in [6, 6.07) is 36.8. The van der Waals surface area contributed by atoms with E-state index in [4.69, 9.17) is 0 Å². The zero-order valence-corrected chi connectivity index (χ0v) is 15.0. The number of rotatable bonds is 4. The van der Waals surface area contributed by atoms with E-state index in [1.165, 1.54) is 38.9 Å². The summed E-state index contributed by atoms with van der Waals surface area (Å²) in [7, 11) is 0. The van der Waals surface area contributed by atoms with Crippen molar-refractivity contribution in [3.8, 4) is 33.4 Å². The van der Waals surface area contributed by atoms with E-state index >= 15 is 0 Å². The third-order valence-corrected chi connectivity index (χ3v) is 4.92. The maximum absolute atomic E-state index is 2.24. The first-order valence-corrected chi connectivity index (χ1v) is 9.20. The maximum atomic E-state index is 2.24. The third kappa shape index (κ3) is 3.07. The second-order valence-electron chi connectivity index (χ2n) is 6.47. The molecular formula is C26H22. The summed E-state index contributed by atoms with van der Waals surface area (Å²) in [4.78, 5) is 0. The van der Waals surface area contributed by atoms with Gasteiger partial charge in [0.2, 0.25) is 0 Å². The van der Waals surface area contributed by atoms with Gasteiger partial charge < -0.3 is 0 Å². The highest BCUT2D eigenvalue weighted by molar-refractivity contribution is 5.92. The van der Waals surface area contributed by atoms with Crippen molar-refractivity contribution in [2.75, 3.05) is 0 Å². The van der Waals surface area contributed by atoms with Crippen LogP contribution >= 0.6 is 0 Å². The van der Waals surface area contributed by atoms with E-state index in [0.717, 1.165) is 6.42 Å². The van der Waals surface area contributed by atoms with Crippen LogP contribution in [0.3, 0.4) is 0 Å². The lowest BCUT2D eigenvalue weighted by molar-refractivity contribution is 1.14. The molecule has 0 bridgehead atoms. The molecular weight excluding hydrogens is 312 g/mol. The summed E-state index contributed by atoms with van der Waals surface area (Å²) in [6.07, 6.45) is 1.03. The molecule has 0 spiro atoms. The van der Waals surface area contributed by atoms with Crippen molar-refractivity contribution in [3.05, 3.63) is 109 Å². The Kier molecular flexibility index (Phi) is 4.66. The van der Waals surface area contributed by atoms with Gasteiger partial charge >= 0.3 is 0 Å². The molecule has 0 heteroatoms. The van der Waals surface area contributed by atoms with Gasteiger partial charge in [0.05, 0.1) is 0 Å². The minimum Gasteiger partial charge on any atom is -0.0622 e. The average Bonchev–Trinajstić information content (AvgIpc) is 2.74. The third-order valence-electron chi connectivity index (χ3n) is 4.92. The fraction of sp³-hybridized carbons (Fsp3) is 0.0769. The van der Waals surface area contributed by atoms with E-state index in [1.54, 1.807) is 0 Å².